The Balaban J connectivity index is 0.000000529. The fraction of sp³-hybridized carbons (Fsp3) is 0.150. The van der Waals surface area contributed by atoms with Crippen LogP contribution in [0.25, 0.3) is 11.1 Å². The van der Waals surface area contributed by atoms with Gasteiger partial charge in [-0.05, 0) is 18.9 Å². The fourth-order valence-corrected chi connectivity index (χ4v) is 2.89. The smallest absolute Gasteiger partial charge is 1.00 e. The summed E-state index contributed by atoms with van der Waals surface area (Å²) in [6.45, 7) is 4.38. The molecule has 0 N–H and O–H groups in total. The van der Waals surface area contributed by atoms with E-state index in [-0.39, 0.29) is 51.0 Å². The Hall–Kier alpha value is -0.747. The largest absolute Gasteiger partial charge is 4.00 e. The summed E-state index contributed by atoms with van der Waals surface area (Å²) in [5.74, 6) is 0. The molecule has 23 heavy (non-hydrogen) atoms. The summed E-state index contributed by atoms with van der Waals surface area (Å²) in [5, 5.41) is 0. The normalized spacial score (nSPS) is 9.83. The maximum absolute atomic E-state index is 3.36. The summed E-state index contributed by atoms with van der Waals surface area (Å²) in [7, 11) is 0. The molecule has 3 aromatic rings. The van der Waals surface area contributed by atoms with Gasteiger partial charge in [-0.15, -0.1) is 11.1 Å². The van der Waals surface area contributed by atoms with Crippen LogP contribution in [0.3, 0.4) is 0 Å². The summed E-state index contributed by atoms with van der Waals surface area (Å²) in [6.07, 6.45) is 1.05. The third kappa shape index (κ3) is 4.86. The third-order valence-electron chi connectivity index (χ3n) is 3.82. The van der Waals surface area contributed by atoms with E-state index in [2.05, 4.69) is 44.2 Å². The molecule has 0 aliphatic heterocycles. The van der Waals surface area contributed by atoms with Crippen LogP contribution in [0.15, 0.2) is 60.7 Å². The minimum absolute atomic E-state index is 0. The van der Waals surface area contributed by atoms with Crippen molar-refractivity contribution in [3.05, 3.63) is 89.0 Å². The van der Waals surface area contributed by atoms with Crippen LogP contribution in [-0.4, -0.2) is 0 Å². The molecule has 4 rings (SSSR count). The van der Waals surface area contributed by atoms with E-state index in [1.165, 1.54) is 33.4 Å². The first-order valence-electron chi connectivity index (χ1n) is 7.03. The Labute approximate surface area is 170 Å². The van der Waals surface area contributed by atoms with Gasteiger partial charge in [0.2, 0.25) is 0 Å². The Morgan fingerprint density at radius 1 is 0.870 bits per heavy atom. The minimum atomic E-state index is 0. The molecule has 0 saturated heterocycles. The van der Waals surface area contributed by atoms with Crippen molar-refractivity contribution in [2.45, 2.75) is 20.3 Å². The van der Waals surface area contributed by atoms with Gasteiger partial charge in [0.1, 0.15) is 0 Å². The van der Waals surface area contributed by atoms with Crippen LogP contribution in [0.2, 0.25) is 0 Å². The second kappa shape index (κ2) is 10.2. The molecular weight excluding hydrogens is 402 g/mol. The molecule has 0 aromatic heterocycles. The first-order chi connectivity index (χ1) is 9.77. The van der Waals surface area contributed by atoms with Gasteiger partial charge in [-0.25, -0.2) is 12.1 Å². The number of benzene rings is 2. The molecular formula is C20H18Cl2Zr. The zero-order chi connectivity index (χ0) is 13.9. The van der Waals surface area contributed by atoms with Crippen molar-refractivity contribution in [2.75, 3.05) is 0 Å². The van der Waals surface area contributed by atoms with Crippen LogP contribution in [0.1, 0.15) is 22.3 Å². The zero-order valence-corrected chi connectivity index (χ0v) is 17.2. The molecule has 0 saturated carbocycles. The molecule has 0 bridgehead atoms. The van der Waals surface area contributed by atoms with Gasteiger partial charge in [-0.2, -0.15) is 42.0 Å². The number of hydrogen-bond donors (Lipinski definition) is 0. The Morgan fingerprint density at radius 2 is 1.52 bits per heavy atom. The molecule has 0 nitrogen and oxygen atoms in total. The van der Waals surface area contributed by atoms with Gasteiger partial charge in [-0.1, -0.05) is 36.2 Å². The molecule has 0 spiro atoms. The van der Waals surface area contributed by atoms with E-state index in [0.717, 1.165) is 6.42 Å². The summed E-state index contributed by atoms with van der Waals surface area (Å²) in [4.78, 5) is 0. The van der Waals surface area contributed by atoms with Crippen molar-refractivity contribution in [1.82, 2.24) is 0 Å². The molecule has 3 aromatic carbocycles. The average molecular weight is 420 g/mol. The number of halogens is 2. The fourth-order valence-electron chi connectivity index (χ4n) is 2.89. The monoisotopic (exact) mass is 418 g/mol. The van der Waals surface area contributed by atoms with E-state index in [1.807, 2.05) is 36.4 Å². The average Bonchev–Trinajstić information content (AvgIpc) is 3.10. The van der Waals surface area contributed by atoms with Crippen LogP contribution in [0, 0.1) is 19.9 Å². The summed E-state index contributed by atoms with van der Waals surface area (Å²) < 4.78 is 0. The molecule has 116 valence electrons. The molecule has 0 heterocycles. The van der Waals surface area contributed by atoms with Gasteiger partial charge in [-0.3, -0.25) is 0 Å². The van der Waals surface area contributed by atoms with E-state index in [9.17, 15) is 0 Å². The van der Waals surface area contributed by atoms with Crippen LogP contribution >= 0.6 is 0 Å². The van der Waals surface area contributed by atoms with Crippen LogP contribution in [0.5, 0.6) is 0 Å². The van der Waals surface area contributed by atoms with Gasteiger partial charge in [0.05, 0.1) is 0 Å². The van der Waals surface area contributed by atoms with Gasteiger partial charge >= 0.3 is 26.2 Å². The Morgan fingerprint density at radius 3 is 2.13 bits per heavy atom. The molecule has 0 radical (unpaired) electrons. The van der Waals surface area contributed by atoms with E-state index in [0.29, 0.717) is 0 Å². The van der Waals surface area contributed by atoms with Crippen molar-refractivity contribution >= 4 is 0 Å². The predicted molar refractivity (Wildman–Crippen MR) is 85.0 cm³/mol. The Bertz CT molecular complexity index is 652. The summed E-state index contributed by atoms with van der Waals surface area (Å²) in [5.41, 5.74) is 8.44. The molecule has 1 aliphatic rings. The summed E-state index contributed by atoms with van der Waals surface area (Å²) >= 11 is 0. The van der Waals surface area contributed by atoms with Crippen LogP contribution in [0.4, 0.5) is 0 Å². The molecule has 0 atom stereocenters. The SMILES string of the molecule is Cc1cc[c-]c2c1-c1c(C)cccc1C2.[Cl-].[Cl-].[Zr+4].c1cc[cH-]c1. The minimum Gasteiger partial charge on any atom is -1.00 e. The number of fused-ring (bicyclic) bond motifs is 3. The van der Waals surface area contributed by atoms with Gasteiger partial charge in [0, 0.05) is 0 Å². The molecule has 1 aliphatic carbocycles. The topological polar surface area (TPSA) is 0 Å². The van der Waals surface area contributed by atoms with E-state index >= 15 is 0 Å². The van der Waals surface area contributed by atoms with E-state index in [1.54, 1.807) is 0 Å². The number of hydrogen-bond acceptors (Lipinski definition) is 0. The molecule has 0 unspecified atom stereocenters. The van der Waals surface area contributed by atoms with Gasteiger partial charge in [0.15, 0.2) is 0 Å². The second-order valence-electron chi connectivity index (χ2n) is 5.26. The van der Waals surface area contributed by atoms with Crippen molar-refractivity contribution in [3.8, 4) is 11.1 Å². The quantitative estimate of drug-likeness (QED) is 0.323. The third-order valence-corrected chi connectivity index (χ3v) is 3.82. The van der Waals surface area contributed by atoms with E-state index in [4.69, 9.17) is 0 Å². The second-order valence-corrected chi connectivity index (χ2v) is 5.26. The van der Waals surface area contributed by atoms with Crippen molar-refractivity contribution in [2.24, 2.45) is 0 Å². The van der Waals surface area contributed by atoms with Gasteiger partial charge in [0.25, 0.3) is 0 Å². The van der Waals surface area contributed by atoms with Crippen molar-refractivity contribution in [3.63, 3.8) is 0 Å². The maximum Gasteiger partial charge on any atom is 4.00 e. The van der Waals surface area contributed by atoms with Crippen LogP contribution < -0.4 is 24.8 Å². The standard InChI is InChI=1S/C15H13.C5H5.2ClH.Zr/c1-10-5-3-7-12-9-13-8-4-6-11(2)15(13)14(10)12;1-2-4-5-3-1;;;/h3-7H,9H2,1-2H3;1-5H;2*1H;/q2*-1;;;+4/p-2. The molecule has 3 heteroatoms. The molecule has 0 amide bonds. The molecule has 0 fully saturated rings. The number of aryl methyl sites for hydroxylation is 2. The van der Waals surface area contributed by atoms with Crippen molar-refractivity contribution < 1.29 is 51.0 Å². The summed E-state index contributed by atoms with van der Waals surface area (Å²) in [6, 6.07) is 24.1. The van der Waals surface area contributed by atoms with E-state index < -0.39 is 0 Å². The van der Waals surface area contributed by atoms with Gasteiger partial charge < -0.3 is 24.8 Å². The maximum atomic E-state index is 3.36. The first-order valence-corrected chi connectivity index (χ1v) is 7.03. The predicted octanol–water partition coefficient (Wildman–Crippen LogP) is -0.914. The first kappa shape index (κ1) is 22.3. The number of rotatable bonds is 0. The van der Waals surface area contributed by atoms with Crippen molar-refractivity contribution in [1.29, 1.82) is 0 Å². The Kier molecular flexibility index (Phi) is 9.86. The zero-order valence-electron chi connectivity index (χ0n) is 13.2. The van der Waals surface area contributed by atoms with Crippen LogP contribution in [-0.2, 0) is 32.6 Å².